The van der Waals surface area contributed by atoms with Gasteiger partial charge in [0.15, 0.2) is 5.78 Å². The lowest BCUT2D eigenvalue weighted by atomic mass is 10.1. The molecule has 0 fully saturated rings. The van der Waals surface area contributed by atoms with Crippen LogP contribution in [-0.2, 0) is 7.05 Å². The van der Waals surface area contributed by atoms with E-state index in [-0.39, 0.29) is 5.78 Å². The number of allylic oxidation sites excluding steroid dienone is 1. The summed E-state index contributed by atoms with van der Waals surface area (Å²) < 4.78 is 1.97. The first kappa shape index (κ1) is 12.4. The topological polar surface area (TPSA) is 50.7 Å². The largest absolute Gasteiger partial charge is 0.350 e. The first-order valence-corrected chi connectivity index (χ1v) is 6.43. The van der Waals surface area contributed by atoms with Crippen LogP contribution < -0.4 is 0 Å². The predicted octanol–water partition coefficient (Wildman–Crippen LogP) is 3.11. The summed E-state index contributed by atoms with van der Waals surface area (Å²) in [6.07, 6.45) is 6.81. The van der Waals surface area contributed by atoms with E-state index in [1.54, 1.807) is 18.5 Å². The van der Waals surface area contributed by atoms with Crippen molar-refractivity contribution in [3.63, 3.8) is 0 Å². The van der Waals surface area contributed by atoms with Crippen LogP contribution in [0.2, 0.25) is 0 Å². The van der Waals surface area contributed by atoms with Gasteiger partial charge in [0, 0.05) is 35.4 Å². The number of para-hydroxylation sites is 1. The summed E-state index contributed by atoms with van der Waals surface area (Å²) >= 11 is 0. The zero-order valence-electron chi connectivity index (χ0n) is 11.4. The van der Waals surface area contributed by atoms with Crippen molar-refractivity contribution >= 4 is 22.8 Å². The van der Waals surface area contributed by atoms with Gasteiger partial charge in [-0.1, -0.05) is 18.2 Å². The molecule has 0 aliphatic heterocycles. The van der Waals surface area contributed by atoms with Gasteiger partial charge >= 0.3 is 0 Å². The van der Waals surface area contributed by atoms with E-state index in [4.69, 9.17) is 0 Å². The second-order valence-corrected chi connectivity index (χ2v) is 4.78. The van der Waals surface area contributed by atoms with Gasteiger partial charge in [0.05, 0.1) is 12.0 Å². The number of hydrogen-bond donors (Lipinski definition) is 1. The number of fused-ring (bicyclic) bond motifs is 1. The minimum absolute atomic E-state index is 0.0100. The molecule has 2 aromatic heterocycles. The molecule has 0 bridgehead atoms. The van der Waals surface area contributed by atoms with Crippen molar-refractivity contribution in [3.8, 4) is 0 Å². The lowest BCUT2D eigenvalue weighted by Crippen LogP contribution is -1.93. The normalized spacial score (nSPS) is 11.5. The average Bonchev–Trinajstić information content (AvgIpc) is 3.01. The Balaban J connectivity index is 1.97. The number of aromatic nitrogens is 3. The number of rotatable bonds is 3. The minimum atomic E-state index is -0.0100. The summed E-state index contributed by atoms with van der Waals surface area (Å²) in [6.45, 7) is 1.93. The molecule has 1 N–H and O–H groups in total. The molecule has 100 valence electrons. The number of carbonyl (C=O) groups is 1. The molecule has 2 heterocycles. The van der Waals surface area contributed by atoms with Crippen molar-refractivity contribution in [2.45, 2.75) is 6.92 Å². The fourth-order valence-corrected chi connectivity index (χ4v) is 2.32. The number of imidazole rings is 1. The number of benzene rings is 1. The Morgan fingerprint density at radius 2 is 2.15 bits per heavy atom. The van der Waals surface area contributed by atoms with Crippen LogP contribution in [0.5, 0.6) is 0 Å². The van der Waals surface area contributed by atoms with Crippen molar-refractivity contribution in [2.24, 2.45) is 7.05 Å². The highest BCUT2D eigenvalue weighted by molar-refractivity contribution is 6.14. The molecule has 0 aliphatic carbocycles. The summed E-state index contributed by atoms with van der Waals surface area (Å²) in [4.78, 5) is 19.5. The Hall–Kier alpha value is -2.62. The van der Waals surface area contributed by atoms with Crippen molar-refractivity contribution in [1.29, 1.82) is 0 Å². The molecule has 3 rings (SSSR count). The van der Waals surface area contributed by atoms with Crippen LogP contribution in [-0.4, -0.2) is 20.3 Å². The molecule has 0 aliphatic rings. The van der Waals surface area contributed by atoms with Crippen LogP contribution in [0.1, 0.15) is 21.7 Å². The van der Waals surface area contributed by atoms with Gasteiger partial charge in [0.25, 0.3) is 0 Å². The molecular weight excluding hydrogens is 250 g/mol. The summed E-state index contributed by atoms with van der Waals surface area (Å²) in [7, 11) is 1.95. The number of ketones is 1. The van der Waals surface area contributed by atoms with E-state index in [2.05, 4.69) is 9.97 Å². The Morgan fingerprint density at radius 3 is 2.90 bits per heavy atom. The van der Waals surface area contributed by atoms with Gasteiger partial charge in [-0.3, -0.25) is 4.79 Å². The Labute approximate surface area is 116 Å². The number of carbonyl (C=O) groups excluding carboxylic acids is 1. The maximum atomic E-state index is 12.3. The number of nitrogens with one attached hydrogen (secondary N) is 1. The number of nitrogens with zero attached hydrogens (tertiary/aromatic N) is 2. The van der Waals surface area contributed by atoms with Gasteiger partial charge in [-0.25, -0.2) is 4.98 Å². The van der Waals surface area contributed by atoms with Crippen LogP contribution >= 0.6 is 0 Å². The van der Waals surface area contributed by atoms with Crippen molar-refractivity contribution in [3.05, 3.63) is 59.8 Å². The van der Waals surface area contributed by atoms with Crippen LogP contribution in [0.25, 0.3) is 17.0 Å². The second-order valence-electron chi connectivity index (χ2n) is 4.78. The van der Waals surface area contributed by atoms with Crippen LogP contribution in [0.4, 0.5) is 0 Å². The van der Waals surface area contributed by atoms with E-state index in [0.717, 1.165) is 22.3 Å². The highest BCUT2D eigenvalue weighted by Crippen LogP contribution is 2.21. The number of hydrogen-bond acceptors (Lipinski definition) is 2. The van der Waals surface area contributed by atoms with Crippen molar-refractivity contribution in [1.82, 2.24) is 14.5 Å². The van der Waals surface area contributed by atoms with E-state index < -0.39 is 0 Å². The summed E-state index contributed by atoms with van der Waals surface area (Å²) in [5.41, 5.74) is 3.51. The van der Waals surface area contributed by atoms with Gasteiger partial charge in [0.1, 0.15) is 0 Å². The van der Waals surface area contributed by atoms with E-state index in [0.29, 0.717) is 5.56 Å². The smallest absolute Gasteiger partial charge is 0.188 e. The SMILES string of the molecule is Cc1[nH]cnc1/C=C/C(=O)c1cn(C)c2ccccc12. The summed E-state index contributed by atoms with van der Waals surface area (Å²) in [5, 5.41) is 0.975. The maximum Gasteiger partial charge on any atom is 0.188 e. The highest BCUT2D eigenvalue weighted by atomic mass is 16.1. The van der Waals surface area contributed by atoms with Gasteiger partial charge < -0.3 is 9.55 Å². The molecule has 0 radical (unpaired) electrons. The molecule has 3 aromatic rings. The predicted molar refractivity (Wildman–Crippen MR) is 79.6 cm³/mol. The molecule has 0 unspecified atom stereocenters. The summed E-state index contributed by atoms with van der Waals surface area (Å²) in [6, 6.07) is 7.89. The van der Waals surface area contributed by atoms with Crippen molar-refractivity contribution < 1.29 is 4.79 Å². The average molecular weight is 265 g/mol. The summed E-state index contributed by atoms with van der Waals surface area (Å²) in [5.74, 6) is -0.0100. The second kappa shape index (κ2) is 4.81. The quantitative estimate of drug-likeness (QED) is 0.584. The van der Waals surface area contributed by atoms with E-state index in [9.17, 15) is 4.79 Å². The molecule has 0 amide bonds. The fourth-order valence-electron chi connectivity index (χ4n) is 2.32. The third-order valence-electron chi connectivity index (χ3n) is 3.42. The van der Waals surface area contributed by atoms with Crippen LogP contribution in [0.15, 0.2) is 42.9 Å². The third kappa shape index (κ3) is 2.05. The zero-order valence-corrected chi connectivity index (χ0v) is 11.4. The van der Waals surface area contributed by atoms with Gasteiger partial charge in [0.2, 0.25) is 0 Å². The molecule has 0 saturated carbocycles. The molecule has 0 spiro atoms. The van der Waals surface area contributed by atoms with E-state index >= 15 is 0 Å². The number of aryl methyl sites for hydroxylation is 2. The first-order chi connectivity index (χ1) is 9.66. The highest BCUT2D eigenvalue weighted by Gasteiger charge is 2.11. The maximum absolute atomic E-state index is 12.3. The Bertz CT molecular complexity index is 808. The molecule has 0 atom stereocenters. The first-order valence-electron chi connectivity index (χ1n) is 6.43. The van der Waals surface area contributed by atoms with E-state index in [1.165, 1.54) is 0 Å². The number of H-pyrrole nitrogens is 1. The third-order valence-corrected chi connectivity index (χ3v) is 3.42. The zero-order chi connectivity index (χ0) is 14.1. The fraction of sp³-hybridized carbons (Fsp3) is 0.125. The monoisotopic (exact) mass is 265 g/mol. The van der Waals surface area contributed by atoms with E-state index in [1.807, 2.05) is 49.0 Å². The molecule has 4 nitrogen and oxygen atoms in total. The van der Waals surface area contributed by atoms with Crippen LogP contribution in [0.3, 0.4) is 0 Å². The number of aromatic amines is 1. The molecule has 20 heavy (non-hydrogen) atoms. The standard InChI is InChI=1S/C16H15N3O/c1-11-14(18-10-17-11)7-8-16(20)13-9-19(2)15-6-4-3-5-12(13)15/h3-10H,1-2H3,(H,17,18)/b8-7+. The molecule has 4 heteroatoms. The van der Waals surface area contributed by atoms with Gasteiger partial charge in [-0.15, -0.1) is 0 Å². The lowest BCUT2D eigenvalue weighted by Gasteiger charge is -1.94. The lowest BCUT2D eigenvalue weighted by molar-refractivity contribution is 0.104. The molecule has 1 aromatic carbocycles. The van der Waals surface area contributed by atoms with Gasteiger partial charge in [-0.05, 0) is 25.1 Å². The molecular formula is C16H15N3O. The Kier molecular flexibility index (Phi) is 2.99. The molecule has 0 saturated heterocycles. The minimum Gasteiger partial charge on any atom is -0.350 e. The van der Waals surface area contributed by atoms with Gasteiger partial charge in [-0.2, -0.15) is 0 Å². The Morgan fingerprint density at radius 1 is 1.35 bits per heavy atom. The van der Waals surface area contributed by atoms with Crippen molar-refractivity contribution in [2.75, 3.05) is 0 Å². The van der Waals surface area contributed by atoms with Crippen LogP contribution in [0, 0.1) is 6.92 Å².